The highest BCUT2D eigenvalue weighted by atomic mass is 35.5. The molecule has 0 radical (unpaired) electrons. The number of piperidine rings is 1. The minimum atomic E-state index is 0.368. The van der Waals surface area contributed by atoms with Gasteiger partial charge in [-0.3, -0.25) is 0 Å². The summed E-state index contributed by atoms with van der Waals surface area (Å²) >= 11 is 5.53. The van der Waals surface area contributed by atoms with Crippen molar-refractivity contribution in [2.75, 3.05) is 26.1 Å². The Kier molecular flexibility index (Phi) is 6.24. The molecule has 0 aromatic heterocycles. The summed E-state index contributed by atoms with van der Waals surface area (Å²) in [5.41, 5.74) is 0.977. The van der Waals surface area contributed by atoms with Crippen LogP contribution in [0.3, 0.4) is 0 Å². The van der Waals surface area contributed by atoms with Gasteiger partial charge < -0.3 is 9.64 Å². The van der Waals surface area contributed by atoms with Gasteiger partial charge in [-0.1, -0.05) is 18.3 Å². The minimum Gasteiger partial charge on any atom is -0.494 e. The van der Waals surface area contributed by atoms with Crippen molar-refractivity contribution in [3.8, 4) is 17.6 Å². The van der Waals surface area contributed by atoms with Crippen LogP contribution in [0.1, 0.15) is 31.2 Å². The van der Waals surface area contributed by atoms with Gasteiger partial charge in [0.25, 0.3) is 0 Å². The zero-order chi connectivity index (χ0) is 14.2. The van der Waals surface area contributed by atoms with Crippen molar-refractivity contribution in [1.82, 2.24) is 4.90 Å². The van der Waals surface area contributed by atoms with Gasteiger partial charge in [-0.25, -0.2) is 0 Å². The Hall–Kier alpha value is -1.17. The van der Waals surface area contributed by atoms with Gasteiger partial charge >= 0.3 is 0 Å². The summed E-state index contributed by atoms with van der Waals surface area (Å²) in [6.07, 6.45) is 5.08. The zero-order valence-electron chi connectivity index (χ0n) is 12.1. The fourth-order valence-corrected chi connectivity index (χ4v) is 2.66. The van der Waals surface area contributed by atoms with E-state index >= 15 is 0 Å². The second-order valence-electron chi connectivity index (χ2n) is 5.23. The summed E-state index contributed by atoms with van der Waals surface area (Å²) in [6.45, 7) is 2.00. The SMILES string of the molecule is CN1CCCCC1CCOc1ccc(C#CCCl)cc1. The number of nitrogens with zero attached hydrogens (tertiary/aromatic N) is 1. The molecule has 0 aliphatic carbocycles. The number of benzene rings is 1. The number of halogens is 1. The largest absolute Gasteiger partial charge is 0.494 e. The molecule has 0 bridgehead atoms. The van der Waals surface area contributed by atoms with E-state index in [0.29, 0.717) is 11.9 Å². The van der Waals surface area contributed by atoms with Crippen molar-refractivity contribution in [3.63, 3.8) is 0 Å². The highest BCUT2D eigenvalue weighted by molar-refractivity contribution is 6.19. The fraction of sp³-hybridized carbons (Fsp3) is 0.529. The number of rotatable bonds is 4. The van der Waals surface area contributed by atoms with E-state index in [1.807, 2.05) is 24.3 Å². The Labute approximate surface area is 127 Å². The molecule has 0 spiro atoms. The molecule has 1 unspecified atom stereocenters. The summed E-state index contributed by atoms with van der Waals surface area (Å²) in [5.74, 6) is 7.12. The first kappa shape index (κ1) is 15.2. The predicted molar refractivity (Wildman–Crippen MR) is 84.4 cm³/mol. The summed E-state index contributed by atoms with van der Waals surface area (Å²) in [5, 5.41) is 0. The van der Waals surface area contributed by atoms with Gasteiger partial charge in [0.2, 0.25) is 0 Å². The van der Waals surface area contributed by atoms with Crippen molar-refractivity contribution in [2.45, 2.75) is 31.7 Å². The van der Waals surface area contributed by atoms with Gasteiger partial charge in [-0.05, 0) is 57.1 Å². The van der Waals surface area contributed by atoms with E-state index in [1.165, 1.54) is 25.8 Å². The molecule has 2 rings (SSSR count). The lowest BCUT2D eigenvalue weighted by atomic mass is 10.0. The van der Waals surface area contributed by atoms with Crippen molar-refractivity contribution < 1.29 is 4.74 Å². The average Bonchev–Trinajstić information content (AvgIpc) is 2.48. The first-order chi connectivity index (χ1) is 9.79. The number of hydrogen-bond donors (Lipinski definition) is 0. The number of likely N-dealkylation sites (tertiary alicyclic amines) is 1. The molecule has 1 aromatic rings. The van der Waals surface area contributed by atoms with E-state index in [1.54, 1.807) is 0 Å². The Morgan fingerprint density at radius 2 is 2.10 bits per heavy atom. The van der Waals surface area contributed by atoms with E-state index in [4.69, 9.17) is 16.3 Å². The van der Waals surface area contributed by atoms with Crippen LogP contribution in [0.5, 0.6) is 5.75 Å². The van der Waals surface area contributed by atoms with Gasteiger partial charge in [0.1, 0.15) is 5.75 Å². The van der Waals surface area contributed by atoms with Crippen molar-refractivity contribution in [3.05, 3.63) is 29.8 Å². The molecular weight excluding hydrogens is 270 g/mol. The number of hydrogen-bond acceptors (Lipinski definition) is 2. The summed E-state index contributed by atoms with van der Waals surface area (Å²) in [4.78, 5) is 2.46. The quantitative estimate of drug-likeness (QED) is 0.621. The van der Waals surface area contributed by atoms with Crippen molar-refractivity contribution in [2.24, 2.45) is 0 Å². The fourth-order valence-electron chi connectivity index (χ4n) is 2.59. The van der Waals surface area contributed by atoms with Gasteiger partial charge in [0.15, 0.2) is 0 Å². The normalized spacial score (nSPS) is 19.2. The maximum atomic E-state index is 5.82. The zero-order valence-corrected chi connectivity index (χ0v) is 12.8. The molecule has 0 amide bonds. The van der Waals surface area contributed by atoms with E-state index in [2.05, 4.69) is 23.8 Å². The molecular formula is C17H22ClNO. The van der Waals surface area contributed by atoms with Crippen LogP contribution in [0.25, 0.3) is 0 Å². The van der Waals surface area contributed by atoms with Gasteiger partial charge in [-0.15, -0.1) is 11.6 Å². The molecule has 1 saturated heterocycles. The third-order valence-corrected chi connectivity index (χ3v) is 3.93. The van der Waals surface area contributed by atoms with Crippen LogP contribution < -0.4 is 4.74 Å². The highest BCUT2D eigenvalue weighted by Gasteiger charge is 2.18. The Morgan fingerprint density at radius 3 is 2.80 bits per heavy atom. The second kappa shape index (κ2) is 8.19. The summed E-state index contributed by atoms with van der Waals surface area (Å²) < 4.78 is 5.82. The number of alkyl halides is 1. The first-order valence-electron chi connectivity index (χ1n) is 7.27. The molecule has 1 aliphatic heterocycles. The minimum absolute atomic E-state index is 0.368. The third-order valence-electron chi connectivity index (χ3n) is 3.80. The highest BCUT2D eigenvalue weighted by Crippen LogP contribution is 2.18. The lowest BCUT2D eigenvalue weighted by molar-refractivity contribution is 0.153. The molecule has 1 aromatic carbocycles. The van der Waals surface area contributed by atoms with Crippen LogP contribution in [0, 0.1) is 11.8 Å². The molecule has 1 atom stereocenters. The molecule has 3 heteroatoms. The monoisotopic (exact) mass is 291 g/mol. The van der Waals surface area contributed by atoms with Gasteiger partial charge in [-0.2, -0.15) is 0 Å². The maximum absolute atomic E-state index is 5.82. The lowest BCUT2D eigenvalue weighted by Crippen LogP contribution is -2.37. The third kappa shape index (κ3) is 4.74. The van der Waals surface area contributed by atoms with Crippen LogP contribution >= 0.6 is 11.6 Å². The van der Waals surface area contributed by atoms with Crippen LogP contribution in [0.4, 0.5) is 0 Å². The second-order valence-corrected chi connectivity index (χ2v) is 5.49. The molecule has 2 nitrogen and oxygen atoms in total. The van der Waals surface area contributed by atoms with Gasteiger partial charge in [0.05, 0.1) is 12.5 Å². The Bertz CT molecular complexity index is 460. The van der Waals surface area contributed by atoms with E-state index in [9.17, 15) is 0 Å². The molecule has 1 fully saturated rings. The van der Waals surface area contributed by atoms with Gasteiger partial charge in [0, 0.05) is 11.6 Å². The summed E-state index contributed by atoms with van der Waals surface area (Å²) in [6, 6.07) is 8.58. The van der Waals surface area contributed by atoms with Crippen LogP contribution in [-0.4, -0.2) is 37.0 Å². The maximum Gasteiger partial charge on any atom is 0.119 e. The smallest absolute Gasteiger partial charge is 0.119 e. The Morgan fingerprint density at radius 1 is 1.30 bits per heavy atom. The number of ether oxygens (including phenoxy) is 1. The lowest BCUT2D eigenvalue weighted by Gasteiger charge is -2.32. The topological polar surface area (TPSA) is 12.5 Å². The molecule has 0 N–H and O–H groups in total. The molecule has 0 saturated carbocycles. The standard InChI is InChI=1S/C17H22ClNO/c1-19-13-3-2-6-16(19)11-14-20-17-9-7-15(8-10-17)5-4-12-18/h7-10,16H,2-3,6,11-14H2,1H3. The first-order valence-corrected chi connectivity index (χ1v) is 7.81. The predicted octanol–water partition coefficient (Wildman–Crippen LogP) is 3.53. The van der Waals surface area contributed by atoms with Crippen LogP contribution in [-0.2, 0) is 0 Å². The average molecular weight is 292 g/mol. The van der Waals surface area contributed by atoms with E-state index in [-0.39, 0.29) is 0 Å². The van der Waals surface area contributed by atoms with E-state index < -0.39 is 0 Å². The van der Waals surface area contributed by atoms with Crippen molar-refractivity contribution >= 4 is 11.6 Å². The molecule has 1 aliphatic rings. The Balaban J connectivity index is 1.76. The summed E-state index contributed by atoms with van der Waals surface area (Å²) in [7, 11) is 2.22. The molecule has 1 heterocycles. The van der Waals surface area contributed by atoms with Crippen LogP contribution in [0.2, 0.25) is 0 Å². The van der Waals surface area contributed by atoms with Crippen LogP contribution in [0.15, 0.2) is 24.3 Å². The van der Waals surface area contributed by atoms with E-state index in [0.717, 1.165) is 24.3 Å². The molecule has 20 heavy (non-hydrogen) atoms. The van der Waals surface area contributed by atoms with Crippen molar-refractivity contribution in [1.29, 1.82) is 0 Å². The molecule has 108 valence electrons.